The maximum atomic E-state index is 11.6. The van der Waals surface area contributed by atoms with E-state index >= 15 is 0 Å². The Balaban J connectivity index is 2.09. The van der Waals surface area contributed by atoms with Crippen molar-refractivity contribution < 1.29 is 9.59 Å². The average molecular weight is 200 g/mol. The topological polar surface area (TPSA) is 58.5 Å². The minimum Gasteiger partial charge on any atom is -0.317 e. The van der Waals surface area contributed by atoms with Gasteiger partial charge >= 0.3 is 0 Å². The van der Waals surface area contributed by atoms with E-state index in [0.29, 0.717) is 5.56 Å². The van der Waals surface area contributed by atoms with Gasteiger partial charge in [0, 0.05) is 11.8 Å². The molecule has 1 heterocycles. The summed E-state index contributed by atoms with van der Waals surface area (Å²) in [5.74, 6) is -0.722. The molecule has 1 aliphatic heterocycles. The van der Waals surface area contributed by atoms with Crippen molar-refractivity contribution in [3.05, 3.63) is 47.7 Å². The van der Waals surface area contributed by atoms with Gasteiger partial charge in [0.05, 0.1) is 0 Å². The highest BCUT2D eigenvalue weighted by Crippen LogP contribution is 2.03. The van der Waals surface area contributed by atoms with Gasteiger partial charge < -0.3 is 5.32 Å². The monoisotopic (exact) mass is 200 g/mol. The molecule has 0 atom stereocenters. The summed E-state index contributed by atoms with van der Waals surface area (Å²) in [6.45, 7) is 0. The summed E-state index contributed by atoms with van der Waals surface area (Å²) in [6, 6.07) is 8.69. The molecule has 1 aliphatic rings. The molecule has 15 heavy (non-hydrogen) atoms. The van der Waals surface area contributed by atoms with E-state index in [4.69, 9.17) is 0 Å². The summed E-state index contributed by atoms with van der Waals surface area (Å²) in [7, 11) is 0. The molecule has 0 aromatic heterocycles. The number of rotatable bonds is 2. The van der Waals surface area contributed by atoms with Crippen LogP contribution in [0.15, 0.2) is 47.1 Å². The van der Waals surface area contributed by atoms with E-state index in [0.717, 1.165) is 0 Å². The Morgan fingerprint density at radius 1 is 1.20 bits per heavy atom. The Kier molecular flexibility index (Phi) is 2.41. The lowest BCUT2D eigenvalue weighted by Crippen LogP contribution is -2.25. The minimum absolute atomic E-state index is 0.212. The van der Waals surface area contributed by atoms with Crippen molar-refractivity contribution in [1.82, 2.24) is 5.32 Å². The first-order valence-corrected chi connectivity index (χ1v) is 4.42. The number of benzene rings is 1. The summed E-state index contributed by atoms with van der Waals surface area (Å²) in [5.41, 5.74) is 0.724. The van der Waals surface area contributed by atoms with Gasteiger partial charge in [-0.2, -0.15) is 0 Å². The second-order valence-corrected chi connectivity index (χ2v) is 2.98. The van der Waals surface area contributed by atoms with Crippen LogP contribution in [-0.2, 0) is 4.79 Å². The number of nitrogens with zero attached hydrogens (tertiary/aromatic N) is 1. The zero-order chi connectivity index (χ0) is 10.7. The number of hydrogen-bond donors (Lipinski definition) is 1. The molecule has 2 rings (SSSR count). The van der Waals surface area contributed by atoms with Crippen molar-refractivity contribution >= 4 is 18.0 Å². The van der Waals surface area contributed by atoms with Crippen molar-refractivity contribution in [3.63, 3.8) is 0 Å². The van der Waals surface area contributed by atoms with Crippen molar-refractivity contribution in [3.8, 4) is 0 Å². The smallest absolute Gasteiger partial charge is 0.293 e. The SMILES string of the molecule is O=C1N=CC=C1NC(=O)c1ccccc1. The number of nitrogens with one attached hydrogen (secondary N) is 1. The van der Waals surface area contributed by atoms with Crippen molar-refractivity contribution in [2.75, 3.05) is 0 Å². The van der Waals surface area contributed by atoms with Crippen LogP contribution >= 0.6 is 0 Å². The fourth-order valence-electron chi connectivity index (χ4n) is 1.20. The Hall–Kier alpha value is -2.23. The molecule has 74 valence electrons. The normalized spacial score (nSPS) is 13.9. The van der Waals surface area contributed by atoms with Crippen molar-refractivity contribution in [1.29, 1.82) is 0 Å². The largest absolute Gasteiger partial charge is 0.317 e. The number of aliphatic imine (C=N–C) groups is 1. The Bertz CT molecular complexity index is 461. The van der Waals surface area contributed by atoms with Gasteiger partial charge in [-0.1, -0.05) is 18.2 Å². The molecule has 4 nitrogen and oxygen atoms in total. The molecule has 0 radical (unpaired) electrons. The van der Waals surface area contributed by atoms with Crippen LogP contribution in [0.1, 0.15) is 10.4 Å². The number of carbonyl (C=O) groups is 2. The molecule has 0 spiro atoms. The second kappa shape index (κ2) is 3.88. The zero-order valence-corrected chi connectivity index (χ0v) is 7.81. The Labute approximate surface area is 86.3 Å². The summed E-state index contributed by atoms with van der Waals surface area (Å²) >= 11 is 0. The molecule has 0 unspecified atom stereocenters. The van der Waals surface area contributed by atoms with Crippen LogP contribution in [0.4, 0.5) is 0 Å². The van der Waals surface area contributed by atoms with Crippen LogP contribution < -0.4 is 5.32 Å². The lowest BCUT2D eigenvalue weighted by Gasteiger charge is -2.03. The average Bonchev–Trinajstić information content (AvgIpc) is 2.66. The van der Waals surface area contributed by atoms with Crippen LogP contribution in [0.2, 0.25) is 0 Å². The second-order valence-electron chi connectivity index (χ2n) is 2.98. The van der Waals surface area contributed by atoms with Gasteiger partial charge in [0.2, 0.25) is 0 Å². The highest BCUT2D eigenvalue weighted by atomic mass is 16.2. The van der Waals surface area contributed by atoms with E-state index in [1.54, 1.807) is 24.3 Å². The lowest BCUT2D eigenvalue weighted by atomic mass is 10.2. The first-order valence-electron chi connectivity index (χ1n) is 4.42. The van der Waals surface area contributed by atoms with Crippen molar-refractivity contribution in [2.24, 2.45) is 4.99 Å². The maximum Gasteiger partial charge on any atom is 0.293 e. The van der Waals surface area contributed by atoms with E-state index < -0.39 is 5.91 Å². The van der Waals surface area contributed by atoms with Gasteiger partial charge in [-0.05, 0) is 18.2 Å². The standard InChI is InChI=1S/C11H8N2O2/c14-10(8-4-2-1-3-5-8)13-9-6-7-12-11(9)15/h1-7H,(H,12,13,14,15). The highest BCUT2D eigenvalue weighted by Gasteiger charge is 2.15. The third kappa shape index (κ3) is 1.99. The maximum absolute atomic E-state index is 11.6. The molecule has 0 saturated heterocycles. The Morgan fingerprint density at radius 2 is 1.93 bits per heavy atom. The summed E-state index contributed by atoms with van der Waals surface area (Å²) in [5, 5.41) is 2.49. The molecule has 1 N–H and O–H groups in total. The number of hydrogen-bond acceptors (Lipinski definition) is 2. The van der Waals surface area contributed by atoms with E-state index in [1.807, 2.05) is 6.07 Å². The lowest BCUT2D eigenvalue weighted by molar-refractivity contribution is -0.114. The van der Waals surface area contributed by atoms with E-state index in [9.17, 15) is 9.59 Å². The van der Waals surface area contributed by atoms with Gasteiger partial charge in [-0.25, -0.2) is 4.99 Å². The quantitative estimate of drug-likeness (QED) is 0.771. The van der Waals surface area contributed by atoms with E-state index in [2.05, 4.69) is 10.3 Å². The first kappa shape index (κ1) is 9.33. The summed E-state index contributed by atoms with van der Waals surface area (Å²) < 4.78 is 0. The Morgan fingerprint density at radius 3 is 2.53 bits per heavy atom. The molecular weight excluding hydrogens is 192 g/mol. The fourth-order valence-corrected chi connectivity index (χ4v) is 1.20. The third-order valence-electron chi connectivity index (χ3n) is 1.95. The third-order valence-corrected chi connectivity index (χ3v) is 1.95. The van der Waals surface area contributed by atoms with Gasteiger partial charge in [0.15, 0.2) is 0 Å². The van der Waals surface area contributed by atoms with Crippen LogP contribution in [0.3, 0.4) is 0 Å². The molecule has 0 fully saturated rings. The zero-order valence-electron chi connectivity index (χ0n) is 7.81. The van der Waals surface area contributed by atoms with Crippen LogP contribution in [0.25, 0.3) is 0 Å². The number of amides is 2. The highest BCUT2D eigenvalue weighted by molar-refractivity contribution is 6.11. The number of allylic oxidation sites excluding steroid dienone is 1. The molecular formula is C11H8N2O2. The first-order chi connectivity index (χ1) is 7.27. The van der Waals surface area contributed by atoms with Gasteiger partial charge in [-0.15, -0.1) is 0 Å². The van der Waals surface area contributed by atoms with Crippen LogP contribution in [-0.4, -0.2) is 18.0 Å². The predicted octanol–water partition coefficient (Wildman–Crippen LogP) is 0.911. The minimum atomic E-state index is -0.417. The molecule has 1 aromatic carbocycles. The van der Waals surface area contributed by atoms with Crippen LogP contribution in [0.5, 0.6) is 0 Å². The predicted molar refractivity (Wildman–Crippen MR) is 55.5 cm³/mol. The molecule has 4 heteroatoms. The van der Waals surface area contributed by atoms with Crippen molar-refractivity contribution in [2.45, 2.75) is 0 Å². The fraction of sp³-hybridized carbons (Fsp3) is 0. The van der Waals surface area contributed by atoms with Gasteiger partial charge in [-0.3, -0.25) is 9.59 Å². The molecule has 0 aliphatic carbocycles. The van der Waals surface area contributed by atoms with Gasteiger partial charge in [0.25, 0.3) is 11.8 Å². The van der Waals surface area contributed by atoms with Gasteiger partial charge in [0.1, 0.15) is 5.70 Å². The molecule has 0 saturated carbocycles. The van der Waals surface area contributed by atoms with E-state index in [1.165, 1.54) is 12.3 Å². The summed E-state index contributed by atoms with van der Waals surface area (Å²) in [6.07, 6.45) is 2.84. The van der Waals surface area contributed by atoms with E-state index in [-0.39, 0.29) is 11.6 Å². The number of carbonyl (C=O) groups excluding carboxylic acids is 2. The summed E-state index contributed by atoms with van der Waals surface area (Å²) in [4.78, 5) is 26.1. The molecule has 2 amide bonds. The molecule has 0 bridgehead atoms. The molecule has 1 aromatic rings. The van der Waals surface area contributed by atoms with Crippen LogP contribution in [0, 0.1) is 0 Å².